The first kappa shape index (κ1) is 22.2. The predicted octanol–water partition coefficient (Wildman–Crippen LogP) is 2.84. The summed E-state index contributed by atoms with van der Waals surface area (Å²) in [6, 6.07) is 12.3. The first-order chi connectivity index (χ1) is 15.0. The van der Waals surface area contributed by atoms with Gasteiger partial charge in [0.25, 0.3) is 5.95 Å². The molecule has 2 aromatic carbocycles. The van der Waals surface area contributed by atoms with Crippen molar-refractivity contribution in [3.05, 3.63) is 53.1 Å². The number of rotatable bonds is 9. The zero-order valence-corrected chi connectivity index (χ0v) is 18.3. The van der Waals surface area contributed by atoms with Crippen molar-refractivity contribution >= 4 is 47.1 Å². The first-order valence-corrected chi connectivity index (χ1v) is 10.3. The van der Waals surface area contributed by atoms with Gasteiger partial charge < -0.3 is 20.6 Å². The van der Waals surface area contributed by atoms with Gasteiger partial charge in [0.15, 0.2) is 0 Å². The molecule has 162 valence electrons. The van der Waals surface area contributed by atoms with Crippen molar-refractivity contribution < 1.29 is 14.3 Å². The van der Waals surface area contributed by atoms with Gasteiger partial charge >= 0.3 is 0 Å². The second kappa shape index (κ2) is 10.5. The number of hydrogen-bond donors (Lipinski definition) is 3. The average molecular weight is 462 g/mol. The van der Waals surface area contributed by atoms with Gasteiger partial charge in [-0.3, -0.25) is 4.79 Å². The van der Waals surface area contributed by atoms with Crippen LogP contribution in [0.5, 0.6) is 11.5 Å². The largest absolute Gasteiger partial charge is 0.497 e. The van der Waals surface area contributed by atoms with Crippen molar-refractivity contribution in [1.82, 2.24) is 14.9 Å². The number of benzene rings is 2. The molecular formula is C19H20ClN7O3S. The monoisotopic (exact) mass is 461 g/mol. The number of amides is 1. The number of thioether (sulfide) groups is 1. The normalized spacial score (nSPS) is 10.8. The summed E-state index contributed by atoms with van der Waals surface area (Å²) in [4.78, 5) is 12.3. The molecule has 1 amide bonds. The summed E-state index contributed by atoms with van der Waals surface area (Å²) in [5.74, 6) is 7.12. The smallest absolute Gasteiger partial charge is 0.264 e. The molecule has 31 heavy (non-hydrogen) atoms. The molecule has 3 aromatic rings. The lowest BCUT2D eigenvalue weighted by atomic mass is 10.2. The predicted molar refractivity (Wildman–Crippen MR) is 122 cm³/mol. The Labute approximate surface area is 187 Å². The van der Waals surface area contributed by atoms with Crippen LogP contribution in [-0.2, 0) is 4.79 Å². The number of carbonyl (C=O) groups is 1. The lowest BCUT2D eigenvalue weighted by Crippen LogP contribution is -2.17. The molecule has 0 aliphatic carbocycles. The number of nitrogens with one attached hydrogen (secondary N) is 2. The lowest BCUT2D eigenvalue weighted by Gasteiger charge is -2.11. The lowest BCUT2D eigenvalue weighted by molar-refractivity contribution is -0.113. The Morgan fingerprint density at radius 3 is 2.71 bits per heavy atom. The van der Waals surface area contributed by atoms with Crippen molar-refractivity contribution in [1.29, 1.82) is 0 Å². The molecule has 0 spiro atoms. The Bertz CT molecular complexity index is 1070. The van der Waals surface area contributed by atoms with Crippen molar-refractivity contribution in [2.24, 2.45) is 5.10 Å². The summed E-state index contributed by atoms with van der Waals surface area (Å²) in [5, 5.41) is 15.7. The van der Waals surface area contributed by atoms with E-state index in [-0.39, 0.29) is 17.6 Å². The summed E-state index contributed by atoms with van der Waals surface area (Å²) in [5.41, 5.74) is 4.09. The van der Waals surface area contributed by atoms with Crippen LogP contribution in [0.15, 0.2) is 52.7 Å². The summed E-state index contributed by atoms with van der Waals surface area (Å²) in [6.07, 6.45) is 1.59. The van der Waals surface area contributed by atoms with Gasteiger partial charge in [-0.15, -0.1) is 10.2 Å². The highest BCUT2D eigenvalue weighted by atomic mass is 35.5. The summed E-state index contributed by atoms with van der Waals surface area (Å²) < 4.78 is 11.6. The van der Waals surface area contributed by atoms with Crippen molar-refractivity contribution in [2.75, 3.05) is 36.6 Å². The third kappa shape index (κ3) is 6.03. The Hall–Kier alpha value is -3.44. The van der Waals surface area contributed by atoms with E-state index in [4.69, 9.17) is 26.9 Å². The van der Waals surface area contributed by atoms with Crippen LogP contribution < -0.4 is 26.1 Å². The molecule has 0 aliphatic heterocycles. The Morgan fingerprint density at radius 2 is 2.00 bits per heavy atom. The van der Waals surface area contributed by atoms with Crippen molar-refractivity contribution in [3.63, 3.8) is 0 Å². The van der Waals surface area contributed by atoms with Crippen molar-refractivity contribution in [3.8, 4) is 11.5 Å². The van der Waals surface area contributed by atoms with Crippen LogP contribution in [0.1, 0.15) is 5.56 Å². The van der Waals surface area contributed by atoms with Crippen LogP contribution in [0.2, 0.25) is 5.02 Å². The third-order valence-electron chi connectivity index (χ3n) is 3.93. The van der Waals surface area contributed by atoms with Gasteiger partial charge in [0, 0.05) is 11.1 Å². The van der Waals surface area contributed by atoms with Gasteiger partial charge in [-0.2, -0.15) is 5.10 Å². The molecule has 3 rings (SSSR count). The Balaban J connectivity index is 1.54. The van der Waals surface area contributed by atoms with E-state index in [9.17, 15) is 4.79 Å². The van der Waals surface area contributed by atoms with Gasteiger partial charge in [0.1, 0.15) is 11.5 Å². The maximum Gasteiger partial charge on any atom is 0.264 e. The van der Waals surface area contributed by atoms with Crippen LogP contribution in [0.4, 0.5) is 11.6 Å². The molecule has 10 nitrogen and oxygen atoms in total. The average Bonchev–Trinajstić information content (AvgIpc) is 3.13. The molecule has 0 fully saturated rings. The SMILES string of the molecule is COc1ccc(NC(=O)CSc2nnc(N/N=C/c3ccc(Cl)cc3)n2N)c(OC)c1. The highest BCUT2D eigenvalue weighted by molar-refractivity contribution is 7.99. The molecule has 1 aromatic heterocycles. The van der Waals surface area contributed by atoms with E-state index in [1.807, 2.05) is 12.1 Å². The van der Waals surface area contributed by atoms with Gasteiger partial charge in [0.2, 0.25) is 11.1 Å². The Morgan fingerprint density at radius 1 is 1.23 bits per heavy atom. The maximum atomic E-state index is 12.3. The van der Waals surface area contributed by atoms with E-state index in [0.717, 1.165) is 17.3 Å². The molecule has 0 atom stereocenters. The number of nitrogen functional groups attached to an aromatic ring is 1. The minimum atomic E-state index is -0.258. The topological polar surface area (TPSA) is 129 Å². The number of halogens is 1. The second-order valence-corrected chi connectivity index (χ2v) is 7.38. The number of methoxy groups -OCH3 is 2. The third-order valence-corrected chi connectivity index (χ3v) is 5.12. The van der Waals surface area contributed by atoms with Gasteiger partial charge in [0.05, 0.1) is 31.9 Å². The van der Waals surface area contributed by atoms with E-state index in [2.05, 4.69) is 26.0 Å². The highest BCUT2D eigenvalue weighted by Crippen LogP contribution is 2.29. The maximum absolute atomic E-state index is 12.3. The number of anilines is 2. The summed E-state index contributed by atoms with van der Waals surface area (Å²) in [7, 11) is 3.07. The van der Waals surface area contributed by atoms with Crippen LogP contribution >= 0.6 is 23.4 Å². The van der Waals surface area contributed by atoms with E-state index < -0.39 is 0 Å². The molecule has 12 heteroatoms. The highest BCUT2D eigenvalue weighted by Gasteiger charge is 2.13. The first-order valence-electron chi connectivity index (χ1n) is 8.90. The fourth-order valence-electron chi connectivity index (χ4n) is 2.38. The molecular weight excluding hydrogens is 442 g/mol. The van der Waals surface area contributed by atoms with Gasteiger partial charge in [-0.05, 0) is 29.8 Å². The molecule has 1 heterocycles. The molecule has 4 N–H and O–H groups in total. The minimum Gasteiger partial charge on any atom is -0.497 e. The zero-order valence-electron chi connectivity index (χ0n) is 16.7. The van der Waals surface area contributed by atoms with E-state index in [0.29, 0.717) is 27.4 Å². The number of hydrogen-bond acceptors (Lipinski definition) is 9. The molecule has 0 saturated carbocycles. The Kier molecular flexibility index (Phi) is 7.57. The molecule has 0 radical (unpaired) electrons. The number of nitrogens with zero attached hydrogens (tertiary/aromatic N) is 4. The molecule has 0 bridgehead atoms. The summed E-state index contributed by atoms with van der Waals surface area (Å²) in [6.45, 7) is 0. The molecule has 0 unspecified atom stereocenters. The van der Waals surface area contributed by atoms with E-state index in [1.165, 1.54) is 11.8 Å². The fraction of sp³-hybridized carbons (Fsp3) is 0.158. The van der Waals surface area contributed by atoms with Crippen LogP contribution in [-0.4, -0.2) is 47.0 Å². The van der Waals surface area contributed by atoms with Crippen LogP contribution in [0.3, 0.4) is 0 Å². The summed E-state index contributed by atoms with van der Waals surface area (Å²) >= 11 is 6.98. The molecule has 0 saturated heterocycles. The standard InChI is InChI=1S/C19H20ClN7O3S/c1-29-14-7-8-15(16(9-14)30-2)23-17(28)11-31-19-26-25-18(27(19)21)24-22-10-12-3-5-13(20)6-4-12/h3-10H,11,21H2,1-2H3,(H,23,28)(H,24,25)/b22-10+. The quantitative estimate of drug-likeness (QED) is 0.192. The van der Waals surface area contributed by atoms with Crippen molar-refractivity contribution in [2.45, 2.75) is 5.16 Å². The second-order valence-electron chi connectivity index (χ2n) is 6.00. The molecule has 0 aliphatic rings. The fourth-order valence-corrected chi connectivity index (χ4v) is 3.17. The number of hydrazone groups is 1. The van der Waals surface area contributed by atoms with Crippen LogP contribution in [0, 0.1) is 0 Å². The number of carbonyl (C=O) groups excluding carboxylic acids is 1. The zero-order chi connectivity index (χ0) is 22.2. The van der Waals surface area contributed by atoms with E-state index >= 15 is 0 Å². The minimum absolute atomic E-state index is 0.0680. The number of ether oxygens (including phenoxy) is 2. The van der Waals surface area contributed by atoms with Crippen LogP contribution in [0.25, 0.3) is 0 Å². The number of aromatic nitrogens is 3. The van der Waals surface area contributed by atoms with E-state index in [1.54, 1.807) is 43.7 Å². The number of nitrogens with two attached hydrogens (primary N) is 1. The van der Waals surface area contributed by atoms with Gasteiger partial charge in [-0.25, -0.2) is 10.1 Å². The van der Waals surface area contributed by atoms with Gasteiger partial charge in [-0.1, -0.05) is 35.5 Å².